The van der Waals surface area contributed by atoms with E-state index >= 15 is 0 Å². The van der Waals surface area contributed by atoms with E-state index in [4.69, 9.17) is 33.2 Å². The van der Waals surface area contributed by atoms with Gasteiger partial charge in [0, 0.05) is 34.8 Å². The van der Waals surface area contributed by atoms with Crippen LogP contribution in [-0.2, 0) is 52.3 Å². The van der Waals surface area contributed by atoms with E-state index in [1.54, 1.807) is 0 Å². The zero-order chi connectivity index (χ0) is 27.9. The maximum absolute atomic E-state index is 11.9. The molecule has 0 aliphatic carbocycles. The molecule has 0 aromatic rings. The lowest BCUT2D eigenvalue weighted by atomic mass is 9.97. The molecule has 212 valence electrons. The Bertz CT molecular complexity index is 798. The first-order chi connectivity index (χ1) is 17.4. The van der Waals surface area contributed by atoms with Crippen LogP contribution in [0.25, 0.3) is 0 Å². The molecule has 0 aromatic carbocycles. The molecule has 4 N–H and O–H groups in total. The van der Waals surface area contributed by atoms with Gasteiger partial charge in [-0.1, -0.05) is 0 Å². The van der Waals surface area contributed by atoms with Crippen LogP contribution in [0.5, 0.6) is 0 Å². The zero-order valence-corrected chi connectivity index (χ0v) is 21.7. The van der Waals surface area contributed by atoms with Crippen molar-refractivity contribution in [2.24, 2.45) is 0 Å². The number of hydrogen-bond acceptors (Lipinski definition) is 16. The van der Waals surface area contributed by atoms with Crippen LogP contribution in [0.2, 0.25) is 0 Å². The summed E-state index contributed by atoms with van der Waals surface area (Å²) in [5.41, 5.74) is -1.20. The smallest absolute Gasteiger partial charge is 0.303 e. The molecule has 0 spiro atoms. The van der Waals surface area contributed by atoms with Gasteiger partial charge < -0.3 is 48.5 Å². The Balaban J connectivity index is 2.37. The number of esters is 4. The molecular weight excluding hydrogens is 522 g/mol. The van der Waals surface area contributed by atoms with Crippen molar-refractivity contribution in [3.05, 3.63) is 0 Å². The largest absolute Gasteiger partial charge is 0.463 e. The molecule has 2 aliphatic rings. The molecule has 2 aliphatic heterocycles. The van der Waals surface area contributed by atoms with Crippen LogP contribution >= 0.6 is 11.9 Å². The highest BCUT2D eigenvalue weighted by Crippen LogP contribution is 2.34. The second-order valence-electron chi connectivity index (χ2n) is 8.27. The van der Waals surface area contributed by atoms with Crippen LogP contribution in [0.1, 0.15) is 27.7 Å². The van der Waals surface area contributed by atoms with Crippen molar-refractivity contribution in [3.8, 4) is 0 Å². The fourth-order valence-corrected chi connectivity index (χ4v) is 4.96. The van der Waals surface area contributed by atoms with Crippen molar-refractivity contribution in [1.29, 1.82) is 0 Å². The third-order valence-electron chi connectivity index (χ3n) is 5.39. The third kappa shape index (κ3) is 8.47. The van der Waals surface area contributed by atoms with Crippen LogP contribution in [0.4, 0.5) is 0 Å². The molecule has 2 heterocycles. The number of carbonyl (C=O) groups is 4. The average Bonchev–Trinajstić information content (AvgIpc) is 2.80. The monoisotopic (exact) mass is 555 g/mol. The van der Waals surface area contributed by atoms with E-state index in [9.17, 15) is 34.5 Å². The first-order valence-corrected chi connectivity index (χ1v) is 12.1. The fourth-order valence-electron chi connectivity index (χ4n) is 3.85. The Morgan fingerprint density at radius 3 is 1.89 bits per heavy atom. The molecule has 0 saturated carbocycles. The Morgan fingerprint density at radius 2 is 1.38 bits per heavy atom. The highest BCUT2D eigenvalue weighted by Gasteiger charge is 2.53. The number of ether oxygens (including phenoxy) is 7. The van der Waals surface area contributed by atoms with Crippen molar-refractivity contribution in [3.63, 3.8) is 0 Å². The third-order valence-corrected chi connectivity index (χ3v) is 6.41. The lowest BCUT2D eigenvalue weighted by molar-refractivity contribution is -0.269. The van der Waals surface area contributed by atoms with Crippen molar-refractivity contribution >= 4 is 35.8 Å². The summed E-state index contributed by atoms with van der Waals surface area (Å²) in [5.74, 6) is -2.98. The fraction of sp³-hybridized carbons (Fsp3) is 0.810. The molecule has 0 amide bonds. The van der Waals surface area contributed by atoms with E-state index in [0.717, 1.165) is 39.6 Å². The first-order valence-electron chi connectivity index (χ1n) is 11.3. The summed E-state index contributed by atoms with van der Waals surface area (Å²) in [7, 11) is 1.27. The molecule has 37 heavy (non-hydrogen) atoms. The number of methoxy groups -OCH3 is 1. The van der Waals surface area contributed by atoms with E-state index in [2.05, 4.69) is 4.72 Å². The van der Waals surface area contributed by atoms with Crippen molar-refractivity contribution in [2.45, 2.75) is 88.2 Å². The summed E-state index contributed by atoms with van der Waals surface area (Å²) >= 11 is 0.742. The number of hydrogen-bond donors (Lipinski definition) is 4. The number of aliphatic hydroxyl groups is 3. The standard InChI is InChI=1S/C21H33NO14S/c1-8(24)31-7-13-17(32-9(2)25)18(33-10(3)26)19(34-11(4)27)21(36-13)37-22-14-15(28)12(6-23)35-20(30-5)16(14)29/h12-23,28-29H,6-7H2,1-5H3/t12-,13-,14-,15-,16-,17-,18+,19-,20?,21+/m1/s1. The van der Waals surface area contributed by atoms with Gasteiger partial charge in [-0.2, -0.15) is 0 Å². The number of aliphatic hydroxyl groups excluding tert-OH is 3. The van der Waals surface area contributed by atoms with Crippen LogP contribution in [0.15, 0.2) is 0 Å². The van der Waals surface area contributed by atoms with Gasteiger partial charge in [-0.3, -0.25) is 23.9 Å². The zero-order valence-electron chi connectivity index (χ0n) is 20.9. The van der Waals surface area contributed by atoms with Crippen LogP contribution in [-0.4, -0.2) is 120 Å². The van der Waals surface area contributed by atoms with E-state index in [1.165, 1.54) is 7.11 Å². The van der Waals surface area contributed by atoms with E-state index in [0.29, 0.717) is 0 Å². The lowest BCUT2D eigenvalue weighted by Gasteiger charge is -2.45. The van der Waals surface area contributed by atoms with Gasteiger partial charge in [0.15, 0.2) is 30.0 Å². The molecule has 2 fully saturated rings. The summed E-state index contributed by atoms with van der Waals surface area (Å²) in [6, 6.07) is -1.13. The number of carbonyl (C=O) groups excluding carboxylic acids is 4. The lowest BCUT2D eigenvalue weighted by Crippen LogP contribution is -2.64. The van der Waals surface area contributed by atoms with Gasteiger partial charge >= 0.3 is 23.9 Å². The normalized spacial score (nSPS) is 35.8. The minimum atomic E-state index is -1.40. The van der Waals surface area contributed by atoms with Crippen LogP contribution in [0, 0.1) is 0 Å². The summed E-state index contributed by atoms with van der Waals surface area (Å²) in [4.78, 5) is 47.1. The van der Waals surface area contributed by atoms with Gasteiger partial charge in [0.2, 0.25) is 0 Å². The minimum absolute atomic E-state index is 0.407. The molecule has 0 radical (unpaired) electrons. The Kier molecular flexibility index (Phi) is 12.0. The number of rotatable bonds is 10. The maximum Gasteiger partial charge on any atom is 0.303 e. The molecule has 0 bridgehead atoms. The minimum Gasteiger partial charge on any atom is -0.463 e. The summed E-state index contributed by atoms with van der Waals surface area (Å²) < 4.78 is 40.2. The van der Waals surface area contributed by atoms with Crippen molar-refractivity contribution in [1.82, 2.24) is 4.72 Å². The topological polar surface area (TPSA) is 206 Å². The molecule has 10 atom stereocenters. The van der Waals surface area contributed by atoms with Crippen molar-refractivity contribution in [2.75, 3.05) is 20.3 Å². The SMILES string of the molecule is COC1O[C@H](CO)[C@@H](O)[C@@H](NS[C@@H]2O[C@H](COC(C)=O)[C@@H](OC(C)=O)[C@H](OC(C)=O)[C@H]2OC(C)=O)[C@H]1O. The number of nitrogens with one attached hydrogen (secondary N) is 1. The quantitative estimate of drug-likeness (QED) is 0.128. The van der Waals surface area contributed by atoms with E-state index < -0.39 is 97.6 Å². The Labute approximate surface area is 217 Å². The second kappa shape index (κ2) is 14.2. The molecule has 2 saturated heterocycles. The average molecular weight is 556 g/mol. The highest BCUT2D eigenvalue weighted by atomic mass is 32.2. The molecular formula is C21H33NO14S. The van der Waals surface area contributed by atoms with Gasteiger partial charge in [0.05, 0.1) is 12.6 Å². The maximum atomic E-state index is 11.9. The molecule has 0 aromatic heterocycles. The van der Waals surface area contributed by atoms with Gasteiger partial charge in [-0.15, -0.1) is 0 Å². The van der Waals surface area contributed by atoms with E-state index in [-0.39, 0.29) is 0 Å². The van der Waals surface area contributed by atoms with Gasteiger partial charge in [-0.05, 0) is 11.9 Å². The molecule has 16 heteroatoms. The molecule has 1 unspecified atom stereocenters. The van der Waals surface area contributed by atoms with Gasteiger partial charge in [0.1, 0.15) is 31.0 Å². The first kappa shape index (κ1) is 31.2. The second-order valence-corrected chi connectivity index (χ2v) is 9.21. The van der Waals surface area contributed by atoms with Crippen molar-refractivity contribution < 1.29 is 67.7 Å². The Morgan fingerprint density at radius 1 is 0.811 bits per heavy atom. The highest BCUT2D eigenvalue weighted by molar-refractivity contribution is 7.97. The predicted molar refractivity (Wildman–Crippen MR) is 121 cm³/mol. The summed E-state index contributed by atoms with van der Waals surface area (Å²) in [6.07, 6.45) is -10.3. The van der Waals surface area contributed by atoms with Crippen LogP contribution < -0.4 is 4.72 Å². The van der Waals surface area contributed by atoms with E-state index in [1.807, 2.05) is 0 Å². The van der Waals surface area contributed by atoms with Gasteiger partial charge in [-0.25, -0.2) is 0 Å². The predicted octanol–water partition coefficient (Wildman–Crippen LogP) is -2.24. The summed E-state index contributed by atoms with van der Waals surface area (Å²) in [5, 5.41) is 30.7. The molecule has 2 rings (SSSR count). The summed E-state index contributed by atoms with van der Waals surface area (Å²) in [6.45, 7) is 3.48. The molecule has 15 nitrogen and oxygen atoms in total. The Hall–Kier alpha value is -2.05. The van der Waals surface area contributed by atoms with Crippen LogP contribution in [0.3, 0.4) is 0 Å². The van der Waals surface area contributed by atoms with Gasteiger partial charge in [0.25, 0.3) is 0 Å².